The second kappa shape index (κ2) is 6.76. The number of hydrogen-bond donors (Lipinski definition) is 1. The Morgan fingerprint density at radius 3 is 2.80 bits per heavy atom. The van der Waals surface area contributed by atoms with Crippen LogP contribution in [0, 0.1) is 17.0 Å². The molecule has 1 saturated heterocycles. The fraction of sp³-hybridized carbons (Fsp3) is 0.294. The van der Waals surface area contributed by atoms with E-state index in [1.54, 1.807) is 0 Å². The Kier molecular flexibility index (Phi) is 4.51. The Morgan fingerprint density at radius 1 is 1.32 bits per heavy atom. The molecule has 1 aliphatic heterocycles. The first-order chi connectivity index (χ1) is 12.0. The Labute approximate surface area is 143 Å². The number of carbonyl (C=O) groups excluding carboxylic acids is 2. The summed E-state index contributed by atoms with van der Waals surface area (Å²) >= 11 is 0. The van der Waals surface area contributed by atoms with Gasteiger partial charge in [0.2, 0.25) is 0 Å². The van der Waals surface area contributed by atoms with Gasteiger partial charge in [-0.15, -0.1) is 0 Å². The van der Waals surface area contributed by atoms with Crippen molar-refractivity contribution in [3.05, 3.63) is 58.0 Å². The Hall–Kier alpha value is -3.16. The summed E-state index contributed by atoms with van der Waals surface area (Å²) in [6.07, 6.45) is 1.50. The van der Waals surface area contributed by atoms with E-state index in [4.69, 9.17) is 4.42 Å². The van der Waals surface area contributed by atoms with Gasteiger partial charge in [-0.05, 0) is 38.0 Å². The van der Waals surface area contributed by atoms with Gasteiger partial charge in [-0.2, -0.15) is 0 Å². The molecular weight excluding hydrogens is 326 g/mol. The molecule has 130 valence electrons. The van der Waals surface area contributed by atoms with Crippen LogP contribution in [0.25, 0.3) is 0 Å². The third kappa shape index (κ3) is 3.52. The number of carbonyl (C=O) groups is 2. The molecule has 1 aromatic heterocycles. The molecule has 2 aromatic rings. The third-order valence-electron chi connectivity index (χ3n) is 4.11. The van der Waals surface area contributed by atoms with Crippen LogP contribution in [-0.2, 0) is 9.59 Å². The van der Waals surface area contributed by atoms with E-state index in [-0.39, 0.29) is 17.4 Å². The predicted octanol–water partition coefficient (Wildman–Crippen LogP) is 2.80. The zero-order chi connectivity index (χ0) is 18.0. The predicted molar refractivity (Wildman–Crippen MR) is 88.9 cm³/mol. The third-order valence-corrected chi connectivity index (χ3v) is 4.11. The van der Waals surface area contributed by atoms with Gasteiger partial charge in [0.1, 0.15) is 11.5 Å². The van der Waals surface area contributed by atoms with Crippen molar-refractivity contribution >= 4 is 23.2 Å². The molecule has 25 heavy (non-hydrogen) atoms. The van der Waals surface area contributed by atoms with Crippen molar-refractivity contribution in [3.63, 3.8) is 0 Å². The fourth-order valence-corrected chi connectivity index (χ4v) is 2.95. The van der Waals surface area contributed by atoms with Crippen LogP contribution in [0.3, 0.4) is 0 Å². The Balaban J connectivity index is 1.72. The van der Waals surface area contributed by atoms with E-state index in [1.165, 1.54) is 29.2 Å². The first-order valence-corrected chi connectivity index (χ1v) is 7.88. The smallest absolute Gasteiger partial charge is 0.313 e. The molecule has 1 fully saturated rings. The minimum atomic E-state index is -0.823. The molecule has 0 spiro atoms. The highest BCUT2D eigenvalue weighted by Crippen LogP contribution is 2.33. The fourth-order valence-electron chi connectivity index (χ4n) is 2.95. The summed E-state index contributed by atoms with van der Waals surface area (Å²) in [7, 11) is 0. The largest absolute Gasteiger partial charge is 0.464 e. The molecule has 0 aliphatic carbocycles. The van der Waals surface area contributed by atoms with Gasteiger partial charge in [0.05, 0.1) is 11.0 Å². The molecule has 1 N–H and O–H groups in total. The first-order valence-electron chi connectivity index (χ1n) is 7.88. The monoisotopic (exact) mass is 343 g/mol. The Morgan fingerprint density at radius 2 is 2.12 bits per heavy atom. The van der Waals surface area contributed by atoms with E-state index in [2.05, 4.69) is 5.32 Å². The van der Waals surface area contributed by atoms with Crippen molar-refractivity contribution in [2.75, 3.05) is 11.9 Å². The zero-order valence-electron chi connectivity index (χ0n) is 13.6. The van der Waals surface area contributed by atoms with Crippen molar-refractivity contribution in [2.24, 2.45) is 0 Å². The molecule has 0 radical (unpaired) electrons. The molecule has 8 heteroatoms. The number of non-ortho nitro benzene ring substituents is 1. The lowest BCUT2D eigenvalue weighted by Crippen LogP contribution is -2.39. The number of benzene rings is 1. The molecule has 2 heterocycles. The quantitative estimate of drug-likeness (QED) is 0.524. The number of nitro benzene ring substituents is 1. The van der Waals surface area contributed by atoms with Crippen LogP contribution < -0.4 is 5.32 Å². The van der Waals surface area contributed by atoms with Crippen LogP contribution in [-0.4, -0.2) is 28.2 Å². The van der Waals surface area contributed by atoms with Gasteiger partial charge in [-0.1, -0.05) is 6.07 Å². The van der Waals surface area contributed by atoms with E-state index < -0.39 is 16.7 Å². The average molecular weight is 343 g/mol. The minimum absolute atomic E-state index is 0.157. The number of nitro groups is 1. The first kappa shape index (κ1) is 16.7. The van der Waals surface area contributed by atoms with Crippen molar-refractivity contribution in [1.29, 1.82) is 0 Å². The number of aryl methyl sites for hydroxylation is 1. The molecular formula is C17H17N3O5. The van der Waals surface area contributed by atoms with E-state index in [0.29, 0.717) is 12.3 Å². The van der Waals surface area contributed by atoms with E-state index >= 15 is 0 Å². The molecule has 1 unspecified atom stereocenters. The zero-order valence-corrected chi connectivity index (χ0v) is 13.6. The maximum atomic E-state index is 12.5. The number of amides is 2. The average Bonchev–Trinajstić information content (AvgIpc) is 3.22. The summed E-state index contributed by atoms with van der Waals surface area (Å²) in [5.74, 6) is -0.0967. The van der Waals surface area contributed by atoms with Crippen LogP contribution in [0.4, 0.5) is 11.4 Å². The normalized spacial score (nSPS) is 16.7. The van der Waals surface area contributed by atoms with E-state index in [0.717, 1.165) is 18.6 Å². The van der Waals surface area contributed by atoms with Gasteiger partial charge in [0.15, 0.2) is 0 Å². The summed E-state index contributed by atoms with van der Waals surface area (Å²) in [6, 6.07) is 8.83. The molecule has 1 atom stereocenters. The van der Waals surface area contributed by atoms with E-state index in [9.17, 15) is 19.7 Å². The van der Waals surface area contributed by atoms with Gasteiger partial charge < -0.3 is 14.6 Å². The molecule has 1 aliphatic rings. The van der Waals surface area contributed by atoms with Gasteiger partial charge in [-0.3, -0.25) is 19.7 Å². The number of furan rings is 1. The lowest BCUT2D eigenvalue weighted by atomic mass is 10.1. The highest BCUT2D eigenvalue weighted by Gasteiger charge is 2.35. The number of hydrogen-bond acceptors (Lipinski definition) is 5. The molecule has 1 aromatic carbocycles. The van der Waals surface area contributed by atoms with Gasteiger partial charge in [-0.25, -0.2) is 0 Å². The highest BCUT2D eigenvalue weighted by atomic mass is 16.6. The van der Waals surface area contributed by atoms with Gasteiger partial charge in [0, 0.05) is 24.4 Å². The lowest BCUT2D eigenvalue weighted by molar-refractivity contribution is -0.384. The molecule has 3 rings (SSSR count). The van der Waals surface area contributed by atoms with Crippen LogP contribution in [0.1, 0.15) is 30.4 Å². The molecule has 0 bridgehead atoms. The number of rotatable bonds is 3. The SMILES string of the molecule is Cc1ccc(C2CCCN2C(=O)C(=O)Nc2cccc([N+](=O)[O-])c2)o1. The minimum Gasteiger partial charge on any atom is -0.464 e. The van der Waals surface area contributed by atoms with Crippen LogP contribution >= 0.6 is 0 Å². The highest BCUT2D eigenvalue weighted by molar-refractivity contribution is 6.39. The van der Waals surface area contributed by atoms with Crippen molar-refractivity contribution in [2.45, 2.75) is 25.8 Å². The maximum absolute atomic E-state index is 12.5. The molecule has 0 saturated carbocycles. The Bertz CT molecular complexity index is 829. The summed E-state index contributed by atoms with van der Waals surface area (Å²) in [5.41, 5.74) is 0.0486. The molecule has 2 amide bonds. The number of anilines is 1. The maximum Gasteiger partial charge on any atom is 0.313 e. The summed E-state index contributed by atoms with van der Waals surface area (Å²) in [4.78, 5) is 36.5. The van der Waals surface area contributed by atoms with Crippen molar-refractivity contribution in [3.8, 4) is 0 Å². The number of nitrogens with one attached hydrogen (secondary N) is 1. The van der Waals surface area contributed by atoms with E-state index in [1.807, 2.05) is 19.1 Å². The number of nitrogens with zero attached hydrogens (tertiary/aromatic N) is 2. The number of likely N-dealkylation sites (tertiary alicyclic amines) is 1. The van der Waals surface area contributed by atoms with Crippen LogP contribution in [0.15, 0.2) is 40.8 Å². The topological polar surface area (TPSA) is 106 Å². The van der Waals surface area contributed by atoms with Crippen LogP contribution in [0.5, 0.6) is 0 Å². The standard InChI is InChI=1S/C17H17N3O5/c1-11-7-8-15(25-11)14-6-3-9-19(14)17(22)16(21)18-12-4-2-5-13(10-12)20(23)24/h2,4-5,7-8,10,14H,3,6,9H2,1H3,(H,18,21). The van der Waals surface area contributed by atoms with Crippen molar-refractivity contribution < 1.29 is 18.9 Å². The molecule has 8 nitrogen and oxygen atoms in total. The van der Waals surface area contributed by atoms with Crippen LogP contribution in [0.2, 0.25) is 0 Å². The second-order valence-corrected chi connectivity index (χ2v) is 5.87. The lowest BCUT2D eigenvalue weighted by Gasteiger charge is -2.22. The second-order valence-electron chi connectivity index (χ2n) is 5.87. The summed E-state index contributed by atoms with van der Waals surface area (Å²) in [5, 5.41) is 13.2. The summed E-state index contributed by atoms with van der Waals surface area (Å²) in [6.45, 7) is 2.28. The summed E-state index contributed by atoms with van der Waals surface area (Å²) < 4.78 is 5.59. The van der Waals surface area contributed by atoms with Crippen molar-refractivity contribution in [1.82, 2.24) is 4.90 Å². The van der Waals surface area contributed by atoms with Gasteiger partial charge >= 0.3 is 11.8 Å². The van der Waals surface area contributed by atoms with Gasteiger partial charge in [0.25, 0.3) is 5.69 Å².